The summed E-state index contributed by atoms with van der Waals surface area (Å²) < 4.78 is 9.49. The molecule has 0 amide bonds. The molecule has 1 aliphatic carbocycles. The fraction of sp³-hybridized carbons (Fsp3) is 0.0816. The normalized spacial score (nSPS) is 13.2. The van der Waals surface area contributed by atoms with Crippen LogP contribution in [0.1, 0.15) is 30.5 Å². The first-order chi connectivity index (χ1) is 26.5. The van der Waals surface area contributed by atoms with Gasteiger partial charge in [0, 0.05) is 43.7 Å². The van der Waals surface area contributed by atoms with Gasteiger partial charge in [0.05, 0.1) is 16.7 Å². The lowest BCUT2D eigenvalue weighted by molar-refractivity contribution is 0.660. The molecule has 0 spiro atoms. The first-order valence-corrected chi connectivity index (χ1v) is 18.5. The predicted octanol–water partition coefficient (Wildman–Crippen LogP) is 12.5. The molecule has 1 aliphatic rings. The van der Waals surface area contributed by atoms with Crippen LogP contribution in [0.3, 0.4) is 0 Å². The Kier molecular flexibility index (Phi) is 6.45. The summed E-state index contributed by atoms with van der Waals surface area (Å²) in [6.45, 7) is 6.91. The SMILES string of the molecule is Cc1cc(-c2nc(-c3ccccc3)nc(-c3ccccc3)n2)c2c(oc3ccccc32)c1-n1c2ccccc2c2ccc3c(c21)C(C)(C)c1ccccc1-3. The minimum absolute atomic E-state index is 0.217. The first-order valence-electron chi connectivity index (χ1n) is 18.5. The zero-order chi connectivity index (χ0) is 36.1. The molecule has 0 saturated heterocycles. The highest BCUT2D eigenvalue weighted by Gasteiger charge is 2.39. The third-order valence-corrected chi connectivity index (χ3v) is 11.3. The topological polar surface area (TPSA) is 56.7 Å². The zero-order valence-electron chi connectivity index (χ0n) is 30.1. The average Bonchev–Trinajstić information content (AvgIpc) is 3.84. The van der Waals surface area contributed by atoms with Crippen LogP contribution in [0.25, 0.3) is 94.7 Å². The van der Waals surface area contributed by atoms with Crippen molar-refractivity contribution in [2.75, 3.05) is 0 Å². The number of aromatic nitrogens is 4. The average molecular weight is 695 g/mol. The van der Waals surface area contributed by atoms with E-state index in [9.17, 15) is 0 Å². The Morgan fingerprint density at radius 3 is 1.89 bits per heavy atom. The van der Waals surface area contributed by atoms with Crippen LogP contribution in [0.2, 0.25) is 0 Å². The lowest BCUT2D eigenvalue weighted by atomic mass is 9.81. The van der Waals surface area contributed by atoms with Crippen LogP contribution in [0.5, 0.6) is 0 Å². The highest BCUT2D eigenvalue weighted by Crippen LogP contribution is 2.54. The summed E-state index contributed by atoms with van der Waals surface area (Å²) in [6, 6.07) is 53.1. The van der Waals surface area contributed by atoms with Crippen LogP contribution in [0.15, 0.2) is 156 Å². The van der Waals surface area contributed by atoms with Gasteiger partial charge in [0.1, 0.15) is 5.58 Å². The van der Waals surface area contributed by atoms with Crippen molar-refractivity contribution in [2.24, 2.45) is 0 Å². The number of nitrogens with zero attached hydrogens (tertiary/aromatic N) is 4. The van der Waals surface area contributed by atoms with E-state index in [-0.39, 0.29) is 5.41 Å². The van der Waals surface area contributed by atoms with Crippen molar-refractivity contribution in [2.45, 2.75) is 26.2 Å². The maximum absolute atomic E-state index is 7.02. The molecule has 0 N–H and O–H groups in total. The van der Waals surface area contributed by atoms with Crippen molar-refractivity contribution < 1.29 is 4.42 Å². The molecule has 10 aromatic rings. The number of fused-ring (bicyclic) bond motifs is 10. The van der Waals surface area contributed by atoms with Gasteiger partial charge in [-0.15, -0.1) is 0 Å². The van der Waals surface area contributed by atoms with E-state index in [1.165, 1.54) is 38.5 Å². The van der Waals surface area contributed by atoms with Crippen molar-refractivity contribution in [3.8, 4) is 51.0 Å². The predicted molar refractivity (Wildman–Crippen MR) is 220 cm³/mol. The Balaban J connectivity index is 1.27. The van der Waals surface area contributed by atoms with Crippen LogP contribution in [0.4, 0.5) is 0 Å². The number of hydrogen-bond donors (Lipinski definition) is 0. The van der Waals surface area contributed by atoms with Crippen molar-refractivity contribution in [1.82, 2.24) is 19.5 Å². The Labute approximate surface area is 312 Å². The lowest BCUT2D eigenvalue weighted by Gasteiger charge is -2.24. The van der Waals surface area contributed by atoms with Gasteiger partial charge in [0.2, 0.25) is 0 Å². The van der Waals surface area contributed by atoms with E-state index in [0.29, 0.717) is 17.5 Å². The molecule has 0 fully saturated rings. The van der Waals surface area contributed by atoms with E-state index in [0.717, 1.165) is 55.4 Å². The summed E-state index contributed by atoms with van der Waals surface area (Å²) in [5.41, 5.74) is 13.9. The smallest absolute Gasteiger partial charge is 0.164 e. The van der Waals surface area contributed by atoms with E-state index >= 15 is 0 Å². The molecule has 54 heavy (non-hydrogen) atoms. The summed E-state index contributed by atoms with van der Waals surface area (Å²) in [5, 5.41) is 4.45. The Morgan fingerprint density at radius 2 is 1.15 bits per heavy atom. The summed E-state index contributed by atoms with van der Waals surface area (Å²) in [4.78, 5) is 15.4. The molecule has 5 nitrogen and oxygen atoms in total. The van der Waals surface area contributed by atoms with Crippen LogP contribution < -0.4 is 0 Å². The largest absolute Gasteiger partial charge is 0.454 e. The molecular weight excluding hydrogens is 661 g/mol. The molecule has 3 heterocycles. The van der Waals surface area contributed by atoms with Gasteiger partial charge in [0.15, 0.2) is 23.1 Å². The second kappa shape index (κ2) is 11.3. The van der Waals surface area contributed by atoms with Crippen LogP contribution >= 0.6 is 0 Å². The third-order valence-electron chi connectivity index (χ3n) is 11.3. The Hall–Kier alpha value is -6.85. The minimum Gasteiger partial charge on any atom is -0.454 e. The Bertz CT molecular complexity index is 3080. The van der Waals surface area contributed by atoms with Gasteiger partial charge in [0.25, 0.3) is 0 Å². The molecule has 5 heteroatoms. The quantitative estimate of drug-likeness (QED) is 0.184. The van der Waals surface area contributed by atoms with E-state index in [1.807, 2.05) is 66.7 Å². The number of para-hydroxylation sites is 2. The molecule has 11 rings (SSSR count). The number of rotatable bonds is 4. The van der Waals surface area contributed by atoms with Crippen molar-refractivity contribution >= 4 is 43.7 Å². The lowest BCUT2D eigenvalue weighted by Crippen LogP contribution is -2.16. The van der Waals surface area contributed by atoms with Gasteiger partial charge in [-0.1, -0.05) is 147 Å². The van der Waals surface area contributed by atoms with Crippen LogP contribution in [-0.4, -0.2) is 19.5 Å². The summed E-state index contributed by atoms with van der Waals surface area (Å²) in [5.74, 6) is 1.86. The number of furan rings is 1. The fourth-order valence-electron chi connectivity index (χ4n) is 8.94. The molecule has 256 valence electrons. The third kappa shape index (κ3) is 4.29. The van der Waals surface area contributed by atoms with Crippen molar-refractivity contribution in [1.29, 1.82) is 0 Å². The van der Waals surface area contributed by atoms with Crippen molar-refractivity contribution in [3.63, 3.8) is 0 Å². The summed E-state index contributed by atoms with van der Waals surface area (Å²) >= 11 is 0. The zero-order valence-corrected chi connectivity index (χ0v) is 30.1. The highest BCUT2D eigenvalue weighted by atomic mass is 16.3. The summed E-state index contributed by atoms with van der Waals surface area (Å²) in [6.07, 6.45) is 0. The molecule has 0 unspecified atom stereocenters. The van der Waals surface area contributed by atoms with Crippen LogP contribution in [-0.2, 0) is 5.41 Å². The Morgan fingerprint density at radius 1 is 0.537 bits per heavy atom. The molecule has 7 aromatic carbocycles. The maximum Gasteiger partial charge on any atom is 0.164 e. The molecule has 0 atom stereocenters. The van der Waals surface area contributed by atoms with Gasteiger partial charge < -0.3 is 8.98 Å². The molecule has 0 saturated carbocycles. The van der Waals surface area contributed by atoms with E-state index in [4.69, 9.17) is 19.4 Å². The van der Waals surface area contributed by atoms with E-state index < -0.39 is 0 Å². The van der Waals surface area contributed by atoms with Gasteiger partial charge in [-0.05, 0) is 52.9 Å². The van der Waals surface area contributed by atoms with Gasteiger partial charge >= 0.3 is 0 Å². The standard InChI is InChI=1S/C49H34N4O/c1-29-28-37(48-51-46(30-16-6-4-7-17-30)50-47(52-48)31-18-8-5-9-19-31)41-36-22-12-15-25-40(36)54-45(41)43(29)53-39-24-14-11-21-33(39)35-27-26-34-32-20-10-13-23-38(32)49(2,3)42(34)44(35)53/h4-28H,1-3H3. The van der Waals surface area contributed by atoms with Gasteiger partial charge in [-0.3, -0.25) is 0 Å². The van der Waals surface area contributed by atoms with E-state index in [2.05, 4.69) is 110 Å². The molecule has 0 radical (unpaired) electrons. The molecular formula is C49H34N4O. The van der Waals surface area contributed by atoms with Crippen molar-refractivity contribution in [3.05, 3.63) is 168 Å². The summed E-state index contributed by atoms with van der Waals surface area (Å²) in [7, 11) is 0. The highest BCUT2D eigenvalue weighted by molar-refractivity contribution is 6.18. The van der Waals surface area contributed by atoms with Gasteiger partial charge in [-0.2, -0.15) is 0 Å². The van der Waals surface area contributed by atoms with E-state index in [1.54, 1.807) is 0 Å². The monoisotopic (exact) mass is 694 g/mol. The fourth-order valence-corrected chi connectivity index (χ4v) is 8.94. The second-order valence-corrected chi connectivity index (χ2v) is 14.8. The second-order valence-electron chi connectivity index (χ2n) is 14.8. The first kappa shape index (κ1) is 30.7. The minimum atomic E-state index is -0.217. The maximum atomic E-state index is 7.02. The number of hydrogen-bond acceptors (Lipinski definition) is 4. The van der Waals surface area contributed by atoms with Gasteiger partial charge in [-0.25, -0.2) is 15.0 Å². The molecule has 0 bridgehead atoms. The number of aryl methyl sites for hydroxylation is 1. The van der Waals surface area contributed by atoms with Crippen LogP contribution in [0, 0.1) is 6.92 Å². The molecule has 0 aliphatic heterocycles. The number of benzene rings is 7. The molecule has 3 aromatic heterocycles.